The molecule has 0 aliphatic carbocycles. The summed E-state index contributed by atoms with van der Waals surface area (Å²) >= 11 is 0. The standard InChI is InChI=1S/C18H23N3O3/c22-18(20-23)17-7-6-16(24-17)15-5-3-4-14(12-15)13-19-8-11-21-9-1-2-10-21/h3-7,12,19,23H,1-2,8-11,13H2,(H,20,22). The van der Waals surface area contributed by atoms with Crippen LogP contribution in [-0.2, 0) is 6.54 Å². The molecule has 1 aromatic carbocycles. The average Bonchev–Trinajstić information content (AvgIpc) is 3.30. The SMILES string of the molecule is O=C(NO)c1ccc(-c2cccc(CNCCN3CCCC3)c2)o1. The van der Waals surface area contributed by atoms with Gasteiger partial charge in [-0.3, -0.25) is 10.0 Å². The molecule has 1 fully saturated rings. The van der Waals surface area contributed by atoms with Crippen molar-refractivity contribution in [1.82, 2.24) is 15.7 Å². The molecule has 0 spiro atoms. The lowest BCUT2D eigenvalue weighted by Gasteiger charge is -2.14. The fourth-order valence-electron chi connectivity index (χ4n) is 2.98. The highest BCUT2D eigenvalue weighted by molar-refractivity contribution is 5.91. The third-order valence-corrected chi connectivity index (χ3v) is 4.28. The van der Waals surface area contributed by atoms with E-state index in [9.17, 15) is 4.79 Å². The molecule has 128 valence electrons. The molecular weight excluding hydrogens is 306 g/mol. The zero-order valence-corrected chi connectivity index (χ0v) is 13.6. The van der Waals surface area contributed by atoms with Gasteiger partial charge in [0, 0.05) is 25.2 Å². The normalized spacial score (nSPS) is 14.9. The molecule has 1 saturated heterocycles. The summed E-state index contributed by atoms with van der Waals surface area (Å²) in [6, 6.07) is 11.3. The smallest absolute Gasteiger partial charge is 0.310 e. The number of hydrogen-bond acceptors (Lipinski definition) is 5. The number of likely N-dealkylation sites (tertiary alicyclic amines) is 1. The van der Waals surface area contributed by atoms with Crippen LogP contribution in [0.15, 0.2) is 40.8 Å². The number of furan rings is 1. The zero-order valence-electron chi connectivity index (χ0n) is 13.6. The van der Waals surface area contributed by atoms with E-state index in [1.807, 2.05) is 18.2 Å². The van der Waals surface area contributed by atoms with E-state index in [-0.39, 0.29) is 5.76 Å². The number of carbonyl (C=O) groups excluding carboxylic acids is 1. The monoisotopic (exact) mass is 329 g/mol. The van der Waals surface area contributed by atoms with Gasteiger partial charge in [0.25, 0.3) is 0 Å². The molecule has 1 aliphatic heterocycles. The molecule has 1 aliphatic rings. The van der Waals surface area contributed by atoms with Crippen LogP contribution in [0.25, 0.3) is 11.3 Å². The molecule has 6 heteroatoms. The average molecular weight is 329 g/mol. The Morgan fingerprint density at radius 1 is 1.21 bits per heavy atom. The van der Waals surface area contributed by atoms with Gasteiger partial charge in [-0.15, -0.1) is 0 Å². The molecule has 1 amide bonds. The van der Waals surface area contributed by atoms with Gasteiger partial charge in [0.1, 0.15) is 5.76 Å². The summed E-state index contributed by atoms with van der Waals surface area (Å²) in [6.45, 7) is 5.31. The minimum absolute atomic E-state index is 0.0849. The minimum Gasteiger partial charge on any atom is -0.451 e. The molecule has 1 aromatic heterocycles. The summed E-state index contributed by atoms with van der Waals surface area (Å²) in [5.41, 5.74) is 3.64. The molecule has 6 nitrogen and oxygen atoms in total. The predicted octanol–water partition coefficient (Wildman–Crippen LogP) is 2.25. The van der Waals surface area contributed by atoms with Crippen molar-refractivity contribution in [2.45, 2.75) is 19.4 Å². The molecular formula is C18H23N3O3. The topological polar surface area (TPSA) is 77.7 Å². The number of benzene rings is 1. The van der Waals surface area contributed by atoms with Crippen molar-refractivity contribution in [1.29, 1.82) is 0 Å². The number of hydrogen-bond donors (Lipinski definition) is 3. The molecule has 0 radical (unpaired) electrons. The fraction of sp³-hybridized carbons (Fsp3) is 0.389. The van der Waals surface area contributed by atoms with Crippen molar-refractivity contribution in [3.63, 3.8) is 0 Å². The first-order chi connectivity index (χ1) is 11.8. The Kier molecular flexibility index (Phi) is 5.63. The van der Waals surface area contributed by atoms with Crippen LogP contribution in [0, 0.1) is 0 Å². The molecule has 0 unspecified atom stereocenters. The lowest BCUT2D eigenvalue weighted by Crippen LogP contribution is -2.29. The van der Waals surface area contributed by atoms with Gasteiger partial charge in [0.15, 0.2) is 5.76 Å². The van der Waals surface area contributed by atoms with Crippen LogP contribution in [0.1, 0.15) is 29.0 Å². The van der Waals surface area contributed by atoms with Gasteiger partial charge in [-0.05, 0) is 49.7 Å². The summed E-state index contributed by atoms with van der Waals surface area (Å²) in [5.74, 6) is 0.0372. The third-order valence-electron chi connectivity index (χ3n) is 4.28. The van der Waals surface area contributed by atoms with Crippen LogP contribution in [0.3, 0.4) is 0 Å². The van der Waals surface area contributed by atoms with E-state index in [2.05, 4.69) is 16.3 Å². The lowest BCUT2D eigenvalue weighted by atomic mass is 10.1. The van der Waals surface area contributed by atoms with Gasteiger partial charge < -0.3 is 14.6 Å². The van der Waals surface area contributed by atoms with Crippen LogP contribution >= 0.6 is 0 Å². The molecule has 0 bridgehead atoms. The number of amides is 1. The molecule has 0 atom stereocenters. The lowest BCUT2D eigenvalue weighted by molar-refractivity contribution is 0.0677. The third kappa shape index (κ3) is 4.23. The largest absolute Gasteiger partial charge is 0.451 e. The van der Waals surface area contributed by atoms with Crippen molar-refractivity contribution in [3.8, 4) is 11.3 Å². The summed E-state index contributed by atoms with van der Waals surface area (Å²) in [4.78, 5) is 13.8. The zero-order chi connectivity index (χ0) is 16.8. The maximum absolute atomic E-state index is 11.3. The van der Waals surface area contributed by atoms with Crippen LogP contribution in [0.5, 0.6) is 0 Å². The Morgan fingerprint density at radius 3 is 2.83 bits per heavy atom. The highest BCUT2D eigenvalue weighted by Crippen LogP contribution is 2.23. The highest BCUT2D eigenvalue weighted by atomic mass is 16.5. The number of nitrogens with zero attached hydrogens (tertiary/aromatic N) is 1. The Bertz CT molecular complexity index is 678. The van der Waals surface area contributed by atoms with Crippen molar-refractivity contribution >= 4 is 5.91 Å². The van der Waals surface area contributed by atoms with Crippen LogP contribution < -0.4 is 10.8 Å². The number of nitrogens with one attached hydrogen (secondary N) is 2. The molecule has 24 heavy (non-hydrogen) atoms. The Hall–Kier alpha value is -2.15. The van der Waals surface area contributed by atoms with E-state index in [4.69, 9.17) is 9.62 Å². The first kappa shape index (κ1) is 16.7. The van der Waals surface area contributed by atoms with Gasteiger partial charge in [0.05, 0.1) is 0 Å². The summed E-state index contributed by atoms with van der Waals surface area (Å²) in [6.07, 6.45) is 2.64. The summed E-state index contributed by atoms with van der Waals surface area (Å²) < 4.78 is 5.47. The van der Waals surface area contributed by atoms with Crippen LogP contribution in [0.2, 0.25) is 0 Å². The maximum Gasteiger partial charge on any atom is 0.310 e. The Morgan fingerprint density at radius 2 is 2.04 bits per heavy atom. The molecule has 0 saturated carbocycles. The second kappa shape index (κ2) is 8.10. The van der Waals surface area contributed by atoms with Crippen LogP contribution in [-0.4, -0.2) is 42.2 Å². The van der Waals surface area contributed by atoms with Gasteiger partial charge in [0.2, 0.25) is 0 Å². The fourth-order valence-corrected chi connectivity index (χ4v) is 2.98. The predicted molar refractivity (Wildman–Crippen MR) is 90.8 cm³/mol. The van der Waals surface area contributed by atoms with Crippen molar-refractivity contribution < 1.29 is 14.4 Å². The van der Waals surface area contributed by atoms with Crippen molar-refractivity contribution in [2.24, 2.45) is 0 Å². The number of rotatable bonds is 7. The van der Waals surface area contributed by atoms with Crippen LogP contribution in [0.4, 0.5) is 0 Å². The number of hydroxylamine groups is 1. The van der Waals surface area contributed by atoms with E-state index in [1.165, 1.54) is 31.5 Å². The molecule has 2 aromatic rings. The summed E-state index contributed by atoms with van der Waals surface area (Å²) in [5, 5.41) is 12.1. The second-order valence-electron chi connectivity index (χ2n) is 6.03. The molecule has 3 rings (SSSR count). The summed E-state index contributed by atoms with van der Waals surface area (Å²) in [7, 11) is 0. The quantitative estimate of drug-likeness (QED) is 0.413. The first-order valence-corrected chi connectivity index (χ1v) is 8.33. The molecule has 2 heterocycles. The number of carbonyl (C=O) groups is 1. The maximum atomic E-state index is 11.3. The van der Waals surface area contributed by atoms with Gasteiger partial charge in [-0.25, -0.2) is 5.48 Å². The Labute approximate surface area is 141 Å². The van der Waals surface area contributed by atoms with Crippen molar-refractivity contribution in [3.05, 3.63) is 47.7 Å². The Balaban J connectivity index is 1.55. The van der Waals surface area contributed by atoms with E-state index in [0.29, 0.717) is 5.76 Å². The van der Waals surface area contributed by atoms with Gasteiger partial charge >= 0.3 is 5.91 Å². The van der Waals surface area contributed by atoms with Crippen molar-refractivity contribution in [2.75, 3.05) is 26.2 Å². The van der Waals surface area contributed by atoms with Gasteiger partial charge in [-0.1, -0.05) is 18.2 Å². The van der Waals surface area contributed by atoms with E-state index in [1.54, 1.807) is 17.6 Å². The molecule has 3 N–H and O–H groups in total. The van der Waals surface area contributed by atoms with E-state index in [0.717, 1.165) is 25.2 Å². The second-order valence-corrected chi connectivity index (χ2v) is 6.03. The highest BCUT2D eigenvalue weighted by Gasteiger charge is 2.12. The van der Waals surface area contributed by atoms with E-state index < -0.39 is 5.91 Å². The van der Waals surface area contributed by atoms with E-state index >= 15 is 0 Å². The van der Waals surface area contributed by atoms with Gasteiger partial charge in [-0.2, -0.15) is 0 Å². The first-order valence-electron chi connectivity index (χ1n) is 8.33. The minimum atomic E-state index is -0.652.